The third-order valence-corrected chi connectivity index (χ3v) is 3.82. The van der Waals surface area contributed by atoms with Crippen LogP contribution >= 0.6 is 0 Å². The van der Waals surface area contributed by atoms with Gasteiger partial charge in [-0.2, -0.15) is 0 Å². The second-order valence-corrected chi connectivity index (χ2v) is 7.37. The Bertz CT molecular complexity index is 308. The lowest BCUT2D eigenvalue weighted by molar-refractivity contribution is 0.0527. The lowest BCUT2D eigenvalue weighted by atomic mass is 10.0. The Morgan fingerprint density at radius 3 is 2.77 bits per heavy atom. The van der Waals surface area contributed by atoms with Gasteiger partial charge in [0.1, 0.15) is 5.60 Å². The standard InChI is InChI=1S/C17H35N3O2/c1-14(13-15-9-6-5-7-10-19-15)18-11-8-12-20-16(21)22-17(2,3)4/h14-15,18-19H,5-13H2,1-4H3,(H,20,21). The largest absolute Gasteiger partial charge is 0.444 e. The van der Waals surface area contributed by atoms with Gasteiger partial charge in [-0.05, 0) is 66.5 Å². The smallest absolute Gasteiger partial charge is 0.407 e. The summed E-state index contributed by atoms with van der Waals surface area (Å²) < 4.78 is 5.20. The fourth-order valence-corrected chi connectivity index (χ4v) is 2.75. The van der Waals surface area contributed by atoms with E-state index in [4.69, 9.17) is 4.74 Å². The van der Waals surface area contributed by atoms with Crippen LogP contribution in [-0.4, -0.2) is 43.4 Å². The fourth-order valence-electron chi connectivity index (χ4n) is 2.75. The number of alkyl carbamates (subject to hydrolysis) is 1. The first kappa shape index (κ1) is 19.2. The van der Waals surface area contributed by atoms with Gasteiger partial charge in [-0.25, -0.2) is 4.79 Å². The Hall–Kier alpha value is -0.810. The molecule has 5 heteroatoms. The zero-order valence-electron chi connectivity index (χ0n) is 14.8. The fraction of sp³-hybridized carbons (Fsp3) is 0.941. The highest BCUT2D eigenvalue weighted by Crippen LogP contribution is 2.12. The van der Waals surface area contributed by atoms with Crippen molar-refractivity contribution in [3.63, 3.8) is 0 Å². The molecule has 2 unspecified atom stereocenters. The summed E-state index contributed by atoms with van der Waals surface area (Å²) in [5, 5.41) is 9.97. The molecule has 0 aromatic heterocycles. The van der Waals surface area contributed by atoms with Crippen molar-refractivity contribution >= 4 is 6.09 Å². The molecule has 0 aromatic rings. The summed E-state index contributed by atoms with van der Waals surface area (Å²) in [5.41, 5.74) is -0.428. The van der Waals surface area contributed by atoms with E-state index in [1.807, 2.05) is 20.8 Å². The van der Waals surface area contributed by atoms with Crippen LogP contribution in [0.2, 0.25) is 0 Å². The van der Waals surface area contributed by atoms with E-state index in [9.17, 15) is 4.79 Å². The van der Waals surface area contributed by atoms with E-state index >= 15 is 0 Å². The van der Waals surface area contributed by atoms with Crippen LogP contribution in [0.3, 0.4) is 0 Å². The quantitative estimate of drug-likeness (QED) is 0.633. The lowest BCUT2D eigenvalue weighted by Crippen LogP contribution is -2.38. The number of amides is 1. The van der Waals surface area contributed by atoms with Crippen LogP contribution in [-0.2, 0) is 4.74 Å². The first-order valence-electron chi connectivity index (χ1n) is 8.80. The van der Waals surface area contributed by atoms with Crippen molar-refractivity contribution < 1.29 is 9.53 Å². The first-order valence-corrected chi connectivity index (χ1v) is 8.80. The molecule has 1 amide bonds. The van der Waals surface area contributed by atoms with E-state index < -0.39 is 5.60 Å². The van der Waals surface area contributed by atoms with Gasteiger partial charge in [0, 0.05) is 18.6 Å². The molecule has 0 saturated carbocycles. The monoisotopic (exact) mass is 313 g/mol. The topological polar surface area (TPSA) is 62.4 Å². The van der Waals surface area contributed by atoms with E-state index in [1.54, 1.807) is 0 Å². The number of carbonyl (C=O) groups is 1. The molecule has 0 bridgehead atoms. The number of ether oxygens (including phenoxy) is 1. The summed E-state index contributed by atoms with van der Waals surface area (Å²) in [6, 6.07) is 1.17. The Morgan fingerprint density at radius 1 is 1.27 bits per heavy atom. The molecule has 0 aromatic carbocycles. The Balaban J connectivity index is 2.02. The second-order valence-electron chi connectivity index (χ2n) is 7.37. The number of rotatable bonds is 7. The van der Waals surface area contributed by atoms with Crippen LogP contribution in [0.5, 0.6) is 0 Å². The van der Waals surface area contributed by atoms with Gasteiger partial charge in [-0.1, -0.05) is 12.8 Å². The van der Waals surface area contributed by atoms with E-state index in [-0.39, 0.29) is 6.09 Å². The average molecular weight is 313 g/mol. The molecule has 5 nitrogen and oxygen atoms in total. The second kappa shape index (κ2) is 10.1. The van der Waals surface area contributed by atoms with Gasteiger partial charge >= 0.3 is 6.09 Å². The summed E-state index contributed by atoms with van der Waals surface area (Å²) in [4.78, 5) is 11.5. The minimum Gasteiger partial charge on any atom is -0.444 e. The SMILES string of the molecule is CC(CC1CCCCCN1)NCCCNC(=O)OC(C)(C)C. The normalized spacial score (nSPS) is 21.0. The van der Waals surface area contributed by atoms with Gasteiger partial charge in [-0.3, -0.25) is 0 Å². The summed E-state index contributed by atoms with van der Waals surface area (Å²) in [7, 11) is 0. The zero-order valence-corrected chi connectivity index (χ0v) is 14.8. The Morgan fingerprint density at radius 2 is 2.05 bits per heavy atom. The van der Waals surface area contributed by atoms with Crippen molar-refractivity contribution in [1.82, 2.24) is 16.0 Å². The van der Waals surface area contributed by atoms with Crippen molar-refractivity contribution in [2.24, 2.45) is 0 Å². The van der Waals surface area contributed by atoms with Crippen molar-refractivity contribution in [2.45, 2.75) is 83.9 Å². The first-order chi connectivity index (χ1) is 10.4. The van der Waals surface area contributed by atoms with E-state index in [0.29, 0.717) is 18.6 Å². The minimum absolute atomic E-state index is 0.330. The Kier molecular flexibility index (Phi) is 8.79. The maximum Gasteiger partial charge on any atom is 0.407 e. The van der Waals surface area contributed by atoms with Crippen LogP contribution < -0.4 is 16.0 Å². The van der Waals surface area contributed by atoms with Crippen molar-refractivity contribution in [2.75, 3.05) is 19.6 Å². The molecule has 2 atom stereocenters. The molecule has 1 fully saturated rings. The van der Waals surface area contributed by atoms with E-state index in [2.05, 4.69) is 22.9 Å². The number of hydrogen-bond acceptors (Lipinski definition) is 4. The number of carbonyl (C=O) groups excluding carboxylic acids is 1. The predicted molar refractivity (Wildman–Crippen MR) is 91.2 cm³/mol. The summed E-state index contributed by atoms with van der Waals surface area (Å²) in [6.45, 7) is 10.6. The van der Waals surface area contributed by atoms with Gasteiger partial charge in [0.25, 0.3) is 0 Å². The molecule has 1 heterocycles. The molecule has 22 heavy (non-hydrogen) atoms. The van der Waals surface area contributed by atoms with Crippen LogP contribution in [0.1, 0.15) is 66.2 Å². The van der Waals surface area contributed by atoms with Gasteiger partial charge < -0.3 is 20.7 Å². The average Bonchev–Trinajstić information content (AvgIpc) is 2.64. The molecule has 1 aliphatic heterocycles. The third kappa shape index (κ3) is 10.0. The highest BCUT2D eigenvalue weighted by atomic mass is 16.6. The molecule has 130 valence electrons. The molecule has 1 saturated heterocycles. The van der Waals surface area contributed by atoms with Gasteiger partial charge in [-0.15, -0.1) is 0 Å². The lowest BCUT2D eigenvalue weighted by Gasteiger charge is -2.22. The number of hydrogen-bond donors (Lipinski definition) is 3. The van der Waals surface area contributed by atoms with Crippen molar-refractivity contribution in [3.8, 4) is 0 Å². The molecule has 0 aliphatic carbocycles. The number of nitrogens with one attached hydrogen (secondary N) is 3. The third-order valence-electron chi connectivity index (χ3n) is 3.82. The minimum atomic E-state index is -0.428. The predicted octanol–water partition coefficient (Wildman–Crippen LogP) is 2.80. The van der Waals surface area contributed by atoms with Crippen LogP contribution in [0.4, 0.5) is 4.79 Å². The molecule has 0 spiro atoms. The van der Waals surface area contributed by atoms with Gasteiger partial charge in [0.15, 0.2) is 0 Å². The summed E-state index contributed by atoms with van der Waals surface area (Å²) in [6.07, 6.45) is 7.09. The van der Waals surface area contributed by atoms with Crippen molar-refractivity contribution in [3.05, 3.63) is 0 Å². The Labute approximate surface area is 135 Å². The van der Waals surface area contributed by atoms with Crippen LogP contribution in [0, 0.1) is 0 Å². The van der Waals surface area contributed by atoms with Crippen LogP contribution in [0.15, 0.2) is 0 Å². The van der Waals surface area contributed by atoms with E-state index in [0.717, 1.165) is 19.5 Å². The molecule has 3 N–H and O–H groups in total. The highest BCUT2D eigenvalue weighted by molar-refractivity contribution is 5.67. The zero-order chi connectivity index (χ0) is 16.4. The maximum absolute atomic E-state index is 11.5. The summed E-state index contributed by atoms with van der Waals surface area (Å²) >= 11 is 0. The molecule has 0 radical (unpaired) electrons. The van der Waals surface area contributed by atoms with Crippen LogP contribution in [0.25, 0.3) is 0 Å². The van der Waals surface area contributed by atoms with E-state index in [1.165, 1.54) is 32.1 Å². The molecular weight excluding hydrogens is 278 g/mol. The maximum atomic E-state index is 11.5. The molecular formula is C17H35N3O2. The molecule has 1 rings (SSSR count). The highest BCUT2D eigenvalue weighted by Gasteiger charge is 2.16. The molecule has 1 aliphatic rings. The van der Waals surface area contributed by atoms with Gasteiger partial charge in [0.05, 0.1) is 0 Å². The summed E-state index contributed by atoms with van der Waals surface area (Å²) in [5.74, 6) is 0. The van der Waals surface area contributed by atoms with Gasteiger partial charge in [0.2, 0.25) is 0 Å². The van der Waals surface area contributed by atoms with Crippen molar-refractivity contribution in [1.29, 1.82) is 0 Å².